The van der Waals surface area contributed by atoms with Crippen molar-refractivity contribution >= 4 is 43.5 Å². The van der Waals surface area contributed by atoms with Crippen LogP contribution >= 0.6 is 15.9 Å². The number of halogens is 1. The molecule has 0 aromatic heterocycles. The molecule has 0 spiro atoms. The molecule has 0 fully saturated rings. The molecule has 174 valence electrons. The Hall–Kier alpha value is -2.39. The Kier molecular flexibility index (Phi) is 9.71. The van der Waals surface area contributed by atoms with Crippen LogP contribution in [-0.4, -0.2) is 50.5 Å². The molecule has 7 nitrogen and oxygen atoms in total. The maximum atomic E-state index is 13.4. The van der Waals surface area contributed by atoms with Gasteiger partial charge in [0.15, 0.2) is 0 Å². The number of carbonyl (C=O) groups excluding carboxylic acids is 2. The molecule has 0 aliphatic heterocycles. The van der Waals surface area contributed by atoms with E-state index in [1.165, 1.54) is 4.90 Å². The molecule has 9 heteroatoms. The maximum Gasteiger partial charge on any atom is 0.244 e. The molecule has 0 bridgehead atoms. The quantitative estimate of drug-likeness (QED) is 0.456. The van der Waals surface area contributed by atoms with Crippen molar-refractivity contribution in [2.24, 2.45) is 0 Å². The lowest BCUT2D eigenvalue weighted by atomic mass is 10.1. The van der Waals surface area contributed by atoms with Gasteiger partial charge in [-0.05, 0) is 43.2 Å². The summed E-state index contributed by atoms with van der Waals surface area (Å²) in [5, 5.41) is 2.86. The highest BCUT2D eigenvalue weighted by Crippen LogP contribution is 2.19. The zero-order valence-corrected chi connectivity index (χ0v) is 21.0. The van der Waals surface area contributed by atoms with Gasteiger partial charge in [0.25, 0.3) is 0 Å². The predicted molar refractivity (Wildman–Crippen MR) is 131 cm³/mol. The van der Waals surface area contributed by atoms with Crippen LogP contribution in [0.25, 0.3) is 0 Å². The molecule has 1 atom stereocenters. The van der Waals surface area contributed by atoms with E-state index in [4.69, 9.17) is 0 Å². The van der Waals surface area contributed by atoms with Gasteiger partial charge < -0.3 is 10.2 Å². The molecule has 0 unspecified atom stereocenters. The second-order valence-electron chi connectivity index (χ2n) is 7.57. The number of para-hydroxylation sites is 1. The number of anilines is 1. The fourth-order valence-electron chi connectivity index (χ4n) is 3.11. The van der Waals surface area contributed by atoms with E-state index in [0.717, 1.165) is 33.4 Å². The minimum Gasteiger partial charge on any atom is -0.354 e. The van der Waals surface area contributed by atoms with Crippen LogP contribution in [0, 0.1) is 0 Å². The number of unbranched alkanes of at least 4 members (excludes halogenated alkanes) is 1. The predicted octanol–water partition coefficient (Wildman–Crippen LogP) is 3.55. The third-order valence-electron chi connectivity index (χ3n) is 4.99. The summed E-state index contributed by atoms with van der Waals surface area (Å²) < 4.78 is 26.8. The highest BCUT2D eigenvalue weighted by Gasteiger charge is 2.29. The fourth-order valence-corrected chi connectivity index (χ4v) is 4.23. The van der Waals surface area contributed by atoms with Crippen LogP contribution < -0.4 is 9.62 Å². The van der Waals surface area contributed by atoms with E-state index >= 15 is 0 Å². The van der Waals surface area contributed by atoms with E-state index in [9.17, 15) is 18.0 Å². The largest absolute Gasteiger partial charge is 0.354 e. The normalized spacial score (nSPS) is 12.1. The third kappa shape index (κ3) is 7.63. The van der Waals surface area contributed by atoms with Gasteiger partial charge in [-0.1, -0.05) is 59.6 Å². The molecule has 0 saturated carbocycles. The number of nitrogens with zero attached hydrogens (tertiary/aromatic N) is 2. The van der Waals surface area contributed by atoms with E-state index in [-0.39, 0.29) is 12.5 Å². The fraction of sp³-hybridized carbons (Fsp3) is 0.391. The lowest BCUT2D eigenvalue weighted by Crippen LogP contribution is -2.51. The van der Waals surface area contributed by atoms with Crippen LogP contribution in [0.4, 0.5) is 5.69 Å². The number of amides is 2. The third-order valence-corrected chi connectivity index (χ3v) is 6.66. The molecule has 1 N–H and O–H groups in total. The smallest absolute Gasteiger partial charge is 0.244 e. The van der Waals surface area contributed by atoms with Crippen molar-refractivity contribution in [1.82, 2.24) is 10.2 Å². The van der Waals surface area contributed by atoms with Crippen molar-refractivity contribution in [3.8, 4) is 0 Å². The molecular weight excluding hydrogens is 494 g/mol. The lowest BCUT2D eigenvalue weighted by Gasteiger charge is -2.31. The van der Waals surface area contributed by atoms with Crippen LogP contribution in [0.1, 0.15) is 32.3 Å². The van der Waals surface area contributed by atoms with Gasteiger partial charge in [0.1, 0.15) is 12.6 Å². The van der Waals surface area contributed by atoms with Crippen LogP contribution in [0.3, 0.4) is 0 Å². The number of hydrogen-bond acceptors (Lipinski definition) is 4. The van der Waals surface area contributed by atoms with Crippen LogP contribution in [0.2, 0.25) is 0 Å². The van der Waals surface area contributed by atoms with E-state index < -0.39 is 28.5 Å². The van der Waals surface area contributed by atoms with E-state index in [0.29, 0.717) is 12.2 Å². The number of rotatable bonds is 11. The molecule has 2 amide bonds. The Morgan fingerprint density at radius 2 is 1.69 bits per heavy atom. The van der Waals surface area contributed by atoms with E-state index in [1.807, 2.05) is 31.2 Å². The Labute approximate surface area is 199 Å². The molecule has 0 radical (unpaired) electrons. The SMILES string of the molecule is CCCCNC(=O)[C@H](C)N(Cc1ccc(Br)cc1)C(=O)CN(c1ccccc1)S(C)(=O)=O. The first-order valence-electron chi connectivity index (χ1n) is 10.5. The zero-order valence-electron chi connectivity index (χ0n) is 18.6. The average molecular weight is 524 g/mol. The van der Waals surface area contributed by atoms with Crippen LogP contribution in [-0.2, 0) is 26.2 Å². The number of sulfonamides is 1. The number of benzene rings is 2. The van der Waals surface area contributed by atoms with Crippen molar-refractivity contribution in [3.63, 3.8) is 0 Å². The molecular formula is C23H30BrN3O4S. The van der Waals surface area contributed by atoms with Gasteiger partial charge in [0, 0.05) is 17.6 Å². The first kappa shape index (κ1) is 25.9. The minimum absolute atomic E-state index is 0.181. The first-order chi connectivity index (χ1) is 15.1. The Balaban J connectivity index is 2.30. The standard InChI is InChI=1S/C23H30BrN3O4S/c1-4-5-15-25-23(29)18(2)26(16-19-11-13-20(24)14-12-19)22(28)17-27(32(3,30)31)21-9-7-6-8-10-21/h6-14,18H,4-5,15-17H2,1-3H3,(H,25,29)/t18-/m0/s1. The highest BCUT2D eigenvalue weighted by molar-refractivity contribution is 9.10. The zero-order chi connectivity index (χ0) is 23.7. The number of nitrogens with one attached hydrogen (secondary N) is 1. The van der Waals surface area contributed by atoms with Crippen LogP contribution in [0.15, 0.2) is 59.1 Å². The second-order valence-corrected chi connectivity index (χ2v) is 10.4. The van der Waals surface area contributed by atoms with Crippen molar-refractivity contribution < 1.29 is 18.0 Å². The van der Waals surface area contributed by atoms with Gasteiger partial charge in [0.05, 0.1) is 11.9 Å². The Bertz CT molecular complexity index is 998. The second kappa shape index (κ2) is 12.0. The molecule has 0 saturated heterocycles. The van der Waals surface area contributed by atoms with Crippen molar-refractivity contribution in [2.75, 3.05) is 23.7 Å². The highest BCUT2D eigenvalue weighted by atomic mass is 79.9. The summed E-state index contributed by atoms with van der Waals surface area (Å²) in [6.45, 7) is 4.00. The molecule has 2 rings (SSSR count). The van der Waals surface area contributed by atoms with Crippen molar-refractivity contribution in [1.29, 1.82) is 0 Å². The van der Waals surface area contributed by atoms with Gasteiger partial charge in [-0.15, -0.1) is 0 Å². The topological polar surface area (TPSA) is 86.8 Å². The summed E-state index contributed by atoms with van der Waals surface area (Å²) in [7, 11) is -3.71. The van der Waals surface area contributed by atoms with E-state index in [2.05, 4.69) is 21.2 Å². The van der Waals surface area contributed by atoms with Gasteiger partial charge >= 0.3 is 0 Å². The average Bonchev–Trinajstić information content (AvgIpc) is 2.76. The lowest BCUT2D eigenvalue weighted by molar-refractivity contribution is -0.139. The molecule has 0 heterocycles. The Morgan fingerprint density at radius 1 is 1.06 bits per heavy atom. The summed E-state index contributed by atoms with van der Waals surface area (Å²) in [5.41, 5.74) is 1.23. The maximum absolute atomic E-state index is 13.4. The van der Waals surface area contributed by atoms with Crippen molar-refractivity contribution in [2.45, 2.75) is 39.3 Å². The minimum atomic E-state index is -3.71. The molecule has 2 aromatic carbocycles. The first-order valence-corrected chi connectivity index (χ1v) is 13.1. The molecule has 2 aromatic rings. The summed E-state index contributed by atoms with van der Waals surface area (Å²) in [6, 6.07) is 15.1. The van der Waals surface area contributed by atoms with Gasteiger partial charge in [0.2, 0.25) is 21.8 Å². The molecule has 0 aliphatic carbocycles. The summed E-state index contributed by atoms with van der Waals surface area (Å²) in [5.74, 6) is -0.727. The van der Waals surface area contributed by atoms with E-state index in [1.54, 1.807) is 37.3 Å². The number of carbonyl (C=O) groups is 2. The Morgan fingerprint density at radius 3 is 2.25 bits per heavy atom. The summed E-state index contributed by atoms with van der Waals surface area (Å²) in [4.78, 5) is 27.5. The summed E-state index contributed by atoms with van der Waals surface area (Å²) in [6.07, 6.45) is 2.85. The van der Waals surface area contributed by atoms with Crippen LogP contribution in [0.5, 0.6) is 0 Å². The summed E-state index contributed by atoms with van der Waals surface area (Å²) >= 11 is 3.39. The molecule has 0 aliphatic rings. The number of hydrogen-bond donors (Lipinski definition) is 1. The van der Waals surface area contributed by atoms with Crippen molar-refractivity contribution in [3.05, 3.63) is 64.6 Å². The van der Waals surface area contributed by atoms with Gasteiger partial charge in [-0.25, -0.2) is 8.42 Å². The van der Waals surface area contributed by atoms with Gasteiger partial charge in [-0.2, -0.15) is 0 Å². The molecule has 32 heavy (non-hydrogen) atoms. The van der Waals surface area contributed by atoms with Gasteiger partial charge in [-0.3, -0.25) is 13.9 Å². The monoisotopic (exact) mass is 523 g/mol.